The van der Waals surface area contributed by atoms with Gasteiger partial charge in [-0.25, -0.2) is 4.79 Å². The largest absolute Gasteiger partial charge is 0.496 e. The number of benzene rings is 1. The molecule has 2 unspecified atom stereocenters. The quantitative estimate of drug-likeness (QED) is 0.863. The van der Waals surface area contributed by atoms with Gasteiger partial charge in [-0.15, -0.1) is 0 Å². The number of amides is 3. The van der Waals surface area contributed by atoms with Crippen molar-refractivity contribution in [3.05, 3.63) is 29.8 Å². The smallest absolute Gasteiger partial charge is 0.317 e. The van der Waals surface area contributed by atoms with Gasteiger partial charge in [0, 0.05) is 31.6 Å². The van der Waals surface area contributed by atoms with Crippen LogP contribution in [-0.4, -0.2) is 49.6 Å². The monoisotopic (exact) mass is 331 g/mol. The Morgan fingerprint density at radius 1 is 1.25 bits per heavy atom. The van der Waals surface area contributed by atoms with Crippen molar-refractivity contribution in [2.45, 2.75) is 31.7 Å². The molecule has 3 rings (SSSR count). The highest BCUT2D eigenvalue weighted by Gasteiger charge is 2.42. The second-order valence-electron chi connectivity index (χ2n) is 6.48. The predicted octanol–water partition coefficient (Wildman–Crippen LogP) is 1.72. The number of nitrogens with one attached hydrogen (secondary N) is 2. The predicted molar refractivity (Wildman–Crippen MR) is 91.0 cm³/mol. The first-order valence-corrected chi connectivity index (χ1v) is 8.60. The zero-order valence-corrected chi connectivity index (χ0v) is 14.2. The molecule has 2 atom stereocenters. The van der Waals surface area contributed by atoms with Crippen molar-refractivity contribution in [3.63, 3.8) is 0 Å². The Bertz CT molecular complexity index is 615. The van der Waals surface area contributed by atoms with Gasteiger partial charge in [-0.1, -0.05) is 18.2 Å². The topological polar surface area (TPSA) is 70.7 Å². The van der Waals surface area contributed by atoms with Crippen LogP contribution in [0.15, 0.2) is 24.3 Å². The van der Waals surface area contributed by atoms with E-state index < -0.39 is 0 Å². The summed E-state index contributed by atoms with van der Waals surface area (Å²) in [6, 6.07) is 7.95. The number of methoxy groups -OCH3 is 1. The van der Waals surface area contributed by atoms with Crippen LogP contribution in [0.4, 0.5) is 4.79 Å². The van der Waals surface area contributed by atoms with Crippen molar-refractivity contribution in [3.8, 4) is 5.75 Å². The van der Waals surface area contributed by atoms with E-state index in [1.807, 2.05) is 31.2 Å². The van der Waals surface area contributed by atoms with Crippen molar-refractivity contribution in [1.82, 2.24) is 15.5 Å². The van der Waals surface area contributed by atoms with Gasteiger partial charge in [-0.05, 0) is 31.4 Å². The third-order valence-electron chi connectivity index (χ3n) is 4.73. The minimum Gasteiger partial charge on any atom is -0.496 e. The molecular formula is C18H25N3O3. The lowest BCUT2D eigenvalue weighted by Crippen LogP contribution is -2.40. The van der Waals surface area contributed by atoms with E-state index >= 15 is 0 Å². The van der Waals surface area contributed by atoms with Gasteiger partial charge in [0.2, 0.25) is 5.91 Å². The Kier molecular flexibility index (Phi) is 4.92. The Hall–Kier alpha value is -2.24. The summed E-state index contributed by atoms with van der Waals surface area (Å²) < 4.78 is 5.47. The number of rotatable bonds is 5. The highest BCUT2D eigenvalue weighted by atomic mass is 16.5. The summed E-state index contributed by atoms with van der Waals surface area (Å²) in [5, 5.41) is 5.91. The highest BCUT2D eigenvalue weighted by molar-refractivity contribution is 5.83. The van der Waals surface area contributed by atoms with E-state index in [2.05, 4.69) is 10.6 Å². The lowest BCUT2D eigenvalue weighted by Gasteiger charge is -2.20. The molecule has 2 fully saturated rings. The van der Waals surface area contributed by atoms with Crippen LogP contribution in [0.1, 0.15) is 31.2 Å². The molecule has 6 heteroatoms. The lowest BCUT2D eigenvalue weighted by atomic mass is 9.87. The Balaban J connectivity index is 1.84. The van der Waals surface area contributed by atoms with Gasteiger partial charge in [-0.2, -0.15) is 0 Å². The van der Waals surface area contributed by atoms with Gasteiger partial charge in [0.25, 0.3) is 0 Å². The molecule has 0 bridgehead atoms. The van der Waals surface area contributed by atoms with E-state index in [1.165, 1.54) is 0 Å². The van der Waals surface area contributed by atoms with E-state index in [0.29, 0.717) is 25.7 Å². The second kappa shape index (κ2) is 7.11. The molecule has 0 aromatic heterocycles. The molecule has 0 spiro atoms. The van der Waals surface area contributed by atoms with Crippen LogP contribution in [0, 0.1) is 5.92 Å². The summed E-state index contributed by atoms with van der Waals surface area (Å²) >= 11 is 0. The van der Waals surface area contributed by atoms with Crippen molar-refractivity contribution in [2.24, 2.45) is 5.92 Å². The molecule has 24 heavy (non-hydrogen) atoms. The zero-order valence-electron chi connectivity index (χ0n) is 14.2. The maximum Gasteiger partial charge on any atom is 0.317 e. The number of carbonyl (C=O) groups excluding carboxylic acids is 2. The number of carbonyl (C=O) groups is 2. The van der Waals surface area contributed by atoms with Gasteiger partial charge < -0.3 is 20.3 Å². The number of nitrogens with zero attached hydrogens (tertiary/aromatic N) is 1. The zero-order chi connectivity index (χ0) is 17.1. The number of likely N-dealkylation sites (tertiary alicyclic amines) is 1. The lowest BCUT2D eigenvalue weighted by molar-refractivity contribution is -0.125. The molecule has 0 radical (unpaired) electrons. The molecule has 1 saturated heterocycles. The van der Waals surface area contributed by atoms with Crippen molar-refractivity contribution in [2.75, 3.05) is 26.7 Å². The van der Waals surface area contributed by atoms with Gasteiger partial charge in [-0.3, -0.25) is 4.79 Å². The highest BCUT2D eigenvalue weighted by Crippen LogP contribution is 2.38. The van der Waals surface area contributed by atoms with Crippen LogP contribution in [0.5, 0.6) is 5.75 Å². The maximum atomic E-state index is 12.7. The third-order valence-corrected chi connectivity index (χ3v) is 4.73. The fourth-order valence-electron chi connectivity index (χ4n) is 3.32. The summed E-state index contributed by atoms with van der Waals surface area (Å²) in [5.41, 5.74) is 0.989. The molecular weight excluding hydrogens is 306 g/mol. The van der Waals surface area contributed by atoms with Gasteiger partial charge in [0.05, 0.1) is 13.0 Å². The minimum absolute atomic E-state index is 0.0419. The van der Waals surface area contributed by atoms with Crippen molar-refractivity contribution < 1.29 is 14.3 Å². The van der Waals surface area contributed by atoms with E-state index in [9.17, 15) is 9.59 Å². The minimum atomic E-state index is -0.246. The van der Waals surface area contributed by atoms with Gasteiger partial charge >= 0.3 is 6.03 Å². The standard InChI is InChI=1S/C18H25N3O3/c1-3-19-18(23)21-10-14(13-6-4-5-7-16(13)24-2)15(11-21)17(22)20-12-8-9-12/h4-7,12,14-15H,3,8-11H2,1-2H3,(H,19,23)(H,20,22). The van der Waals surface area contributed by atoms with Crippen LogP contribution >= 0.6 is 0 Å². The molecule has 3 amide bonds. The summed E-state index contributed by atoms with van der Waals surface area (Å²) in [4.78, 5) is 26.7. The van der Waals surface area contributed by atoms with Crippen molar-refractivity contribution in [1.29, 1.82) is 0 Å². The van der Waals surface area contributed by atoms with Crippen molar-refractivity contribution >= 4 is 11.9 Å². The van der Waals surface area contributed by atoms with Crippen LogP contribution in [0.3, 0.4) is 0 Å². The summed E-state index contributed by atoms with van der Waals surface area (Å²) in [6.07, 6.45) is 2.11. The van der Waals surface area contributed by atoms with Gasteiger partial charge in [0.15, 0.2) is 0 Å². The fraction of sp³-hybridized carbons (Fsp3) is 0.556. The molecule has 6 nitrogen and oxygen atoms in total. The Morgan fingerprint density at radius 2 is 2.00 bits per heavy atom. The average molecular weight is 331 g/mol. The van der Waals surface area contributed by atoms with Crippen LogP contribution in [0.2, 0.25) is 0 Å². The number of hydrogen-bond donors (Lipinski definition) is 2. The van der Waals surface area contributed by atoms with Gasteiger partial charge in [0.1, 0.15) is 5.75 Å². The number of hydrogen-bond acceptors (Lipinski definition) is 3. The number of ether oxygens (including phenoxy) is 1. The summed E-state index contributed by atoms with van der Waals surface area (Å²) in [6.45, 7) is 3.43. The normalized spacial score (nSPS) is 23.0. The molecule has 1 aliphatic carbocycles. The van der Waals surface area contributed by atoms with Crippen LogP contribution in [-0.2, 0) is 4.79 Å². The van der Waals surface area contributed by atoms with Crippen LogP contribution < -0.4 is 15.4 Å². The molecule has 2 N–H and O–H groups in total. The first kappa shape index (κ1) is 16.6. The molecule has 1 heterocycles. The fourth-order valence-corrected chi connectivity index (χ4v) is 3.32. The molecule has 1 aromatic carbocycles. The summed E-state index contributed by atoms with van der Waals surface area (Å²) in [5.74, 6) is 0.511. The Labute approximate surface area is 142 Å². The molecule has 2 aliphatic rings. The second-order valence-corrected chi connectivity index (χ2v) is 6.48. The number of urea groups is 1. The molecule has 1 aromatic rings. The maximum absolute atomic E-state index is 12.7. The molecule has 1 aliphatic heterocycles. The first-order chi connectivity index (χ1) is 11.6. The molecule has 130 valence electrons. The van der Waals surface area contributed by atoms with E-state index in [0.717, 1.165) is 24.2 Å². The average Bonchev–Trinajstić information content (AvgIpc) is 3.29. The summed E-state index contributed by atoms with van der Waals surface area (Å²) in [7, 11) is 1.63. The first-order valence-electron chi connectivity index (χ1n) is 8.60. The van der Waals surface area contributed by atoms with Crippen LogP contribution in [0.25, 0.3) is 0 Å². The SMILES string of the molecule is CCNC(=O)N1CC(C(=O)NC2CC2)C(c2ccccc2OC)C1. The molecule has 1 saturated carbocycles. The van der Waals surface area contributed by atoms with E-state index in [4.69, 9.17) is 4.74 Å². The van der Waals surface area contributed by atoms with E-state index in [-0.39, 0.29) is 23.8 Å². The Morgan fingerprint density at radius 3 is 2.67 bits per heavy atom. The van der Waals surface area contributed by atoms with E-state index in [1.54, 1.807) is 12.0 Å². The number of para-hydroxylation sites is 1. The third kappa shape index (κ3) is 3.47.